The first-order chi connectivity index (χ1) is 9.78. The molecule has 1 fully saturated rings. The summed E-state index contributed by atoms with van der Waals surface area (Å²) in [5.41, 5.74) is 0.687. The van der Waals surface area contributed by atoms with Crippen LogP contribution < -0.4 is 0 Å². The normalized spacial score (nSPS) is 19.2. The zero-order valence-electron chi connectivity index (χ0n) is 11.5. The summed E-state index contributed by atoms with van der Waals surface area (Å²) in [6, 6.07) is 0. The number of carbonyl (C=O) groups excluding carboxylic acids is 1. The minimum atomic E-state index is 0.0888. The fourth-order valence-corrected chi connectivity index (χ4v) is 3.40. The number of thiazole rings is 1. The number of nitrogens with zero attached hydrogens (tertiary/aromatic N) is 4. The summed E-state index contributed by atoms with van der Waals surface area (Å²) in [5, 5.41) is 7.32. The van der Waals surface area contributed by atoms with Gasteiger partial charge in [-0.2, -0.15) is 5.10 Å². The molecule has 1 aliphatic heterocycles. The maximum Gasteiger partial charge on any atom is 0.257 e. The van der Waals surface area contributed by atoms with Crippen molar-refractivity contribution in [2.75, 3.05) is 13.1 Å². The molecule has 6 heteroatoms. The van der Waals surface area contributed by atoms with Gasteiger partial charge in [0.25, 0.3) is 5.91 Å². The number of rotatable bonds is 3. The Labute approximate surface area is 122 Å². The van der Waals surface area contributed by atoms with Crippen LogP contribution in [0.5, 0.6) is 0 Å². The summed E-state index contributed by atoms with van der Waals surface area (Å²) >= 11 is 1.68. The molecule has 0 bridgehead atoms. The Kier molecular flexibility index (Phi) is 3.82. The summed E-state index contributed by atoms with van der Waals surface area (Å²) in [7, 11) is 0. The van der Waals surface area contributed by atoms with Gasteiger partial charge in [-0.05, 0) is 19.8 Å². The van der Waals surface area contributed by atoms with Gasteiger partial charge in [-0.1, -0.05) is 0 Å². The Morgan fingerprint density at radius 1 is 1.55 bits per heavy atom. The van der Waals surface area contributed by atoms with Gasteiger partial charge in [0.2, 0.25) is 0 Å². The second-order valence-electron chi connectivity index (χ2n) is 5.05. The molecule has 20 heavy (non-hydrogen) atoms. The summed E-state index contributed by atoms with van der Waals surface area (Å²) < 4.78 is 1.79. The van der Waals surface area contributed by atoms with E-state index in [9.17, 15) is 4.79 Å². The number of likely N-dealkylation sites (tertiary alicyclic amines) is 1. The third kappa shape index (κ3) is 2.60. The fraction of sp³-hybridized carbons (Fsp3) is 0.500. The number of carbonyl (C=O) groups is 1. The average Bonchev–Trinajstić information content (AvgIpc) is 3.17. The van der Waals surface area contributed by atoms with Crippen LogP contribution in [0.1, 0.15) is 41.0 Å². The molecule has 1 amide bonds. The third-order valence-electron chi connectivity index (χ3n) is 3.71. The Bertz CT molecular complexity index is 578. The zero-order valence-corrected chi connectivity index (χ0v) is 12.3. The smallest absolute Gasteiger partial charge is 0.257 e. The molecular weight excluding hydrogens is 272 g/mol. The predicted octanol–water partition coefficient (Wildman–Crippen LogP) is 2.38. The lowest BCUT2D eigenvalue weighted by atomic mass is 9.98. The minimum Gasteiger partial charge on any atom is -0.338 e. The third-order valence-corrected chi connectivity index (χ3v) is 4.65. The van der Waals surface area contributed by atoms with Gasteiger partial charge < -0.3 is 4.90 Å². The first-order valence-electron chi connectivity index (χ1n) is 6.99. The quantitative estimate of drug-likeness (QED) is 0.872. The highest BCUT2D eigenvalue weighted by atomic mass is 32.1. The van der Waals surface area contributed by atoms with Crippen molar-refractivity contribution in [1.82, 2.24) is 19.7 Å². The largest absolute Gasteiger partial charge is 0.338 e. The van der Waals surface area contributed by atoms with Gasteiger partial charge in [-0.25, -0.2) is 4.98 Å². The molecule has 3 rings (SSSR count). The van der Waals surface area contributed by atoms with E-state index >= 15 is 0 Å². The second-order valence-corrected chi connectivity index (χ2v) is 5.97. The lowest BCUT2D eigenvalue weighted by Gasteiger charge is -2.31. The molecule has 0 unspecified atom stereocenters. The molecule has 0 N–H and O–H groups in total. The number of hydrogen-bond donors (Lipinski definition) is 0. The topological polar surface area (TPSA) is 51.0 Å². The van der Waals surface area contributed by atoms with E-state index in [-0.39, 0.29) is 5.91 Å². The predicted molar refractivity (Wildman–Crippen MR) is 77.9 cm³/mol. The number of aryl methyl sites for hydroxylation is 1. The van der Waals surface area contributed by atoms with Crippen molar-refractivity contribution in [3.63, 3.8) is 0 Å². The highest BCUT2D eigenvalue weighted by Crippen LogP contribution is 2.28. The van der Waals surface area contributed by atoms with Crippen molar-refractivity contribution in [2.24, 2.45) is 0 Å². The highest BCUT2D eigenvalue weighted by Gasteiger charge is 2.27. The molecule has 0 aliphatic carbocycles. The first-order valence-corrected chi connectivity index (χ1v) is 7.87. The molecule has 0 radical (unpaired) electrons. The molecule has 2 aromatic rings. The van der Waals surface area contributed by atoms with Crippen LogP contribution in [-0.4, -0.2) is 38.7 Å². The van der Waals surface area contributed by atoms with Gasteiger partial charge >= 0.3 is 0 Å². The van der Waals surface area contributed by atoms with Gasteiger partial charge in [-0.15, -0.1) is 11.3 Å². The van der Waals surface area contributed by atoms with Crippen LogP contribution in [0.2, 0.25) is 0 Å². The van der Waals surface area contributed by atoms with Crippen LogP contribution in [0.4, 0.5) is 0 Å². The SMILES string of the molecule is CCn1cc(C(=O)N2CCC[C@@H](c3nccs3)C2)cn1. The maximum atomic E-state index is 12.5. The summed E-state index contributed by atoms with van der Waals surface area (Å²) in [5.74, 6) is 0.472. The van der Waals surface area contributed by atoms with Crippen molar-refractivity contribution < 1.29 is 4.79 Å². The molecule has 2 aromatic heterocycles. The van der Waals surface area contributed by atoms with Crippen molar-refractivity contribution in [3.05, 3.63) is 34.5 Å². The Morgan fingerprint density at radius 3 is 3.15 bits per heavy atom. The maximum absolute atomic E-state index is 12.5. The number of amides is 1. The lowest BCUT2D eigenvalue weighted by molar-refractivity contribution is 0.0707. The highest BCUT2D eigenvalue weighted by molar-refractivity contribution is 7.09. The van der Waals surface area contributed by atoms with Gasteiger partial charge in [0.1, 0.15) is 0 Å². The van der Waals surface area contributed by atoms with E-state index in [1.807, 2.05) is 29.6 Å². The summed E-state index contributed by atoms with van der Waals surface area (Å²) in [6.45, 7) is 4.40. The van der Waals surface area contributed by atoms with Gasteiger partial charge in [0.15, 0.2) is 0 Å². The summed E-state index contributed by atoms with van der Waals surface area (Å²) in [4.78, 5) is 18.8. The number of hydrogen-bond acceptors (Lipinski definition) is 4. The van der Waals surface area contributed by atoms with Crippen LogP contribution in [0.15, 0.2) is 24.0 Å². The molecule has 1 aliphatic rings. The van der Waals surface area contributed by atoms with Crippen molar-refractivity contribution >= 4 is 17.2 Å². The Morgan fingerprint density at radius 2 is 2.45 bits per heavy atom. The van der Waals surface area contributed by atoms with E-state index in [2.05, 4.69) is 10.1 Å². The van der Waals surface area contributed by atoms with Crippen molar-refractivity contribution in [1.29, 1.82) is 0 Å². The molecular formula is C14H18N4OS. The van der Waals surface area contributed by atoms with E-state index in [4.69, 9.17) is 0 Å². The molecule has 0 aromatic carbocycles. The van der Waals surface area contributed by atoms with Gasteiger partial charge in [0.05, 0.1) is 16.8 Å². The lowest BCUT2D eigenvalue weighted by Crippen LogP contribution is -2.39. The molecule has 0 saturated carbocycles. The number of piperidine rings is 1. The van der Waals surface area contributed by atoms with E-state index in [1.165, 1.54) is 0 Å². The molecule has 106 valence electrons. The van der Waals surface area contributed by atoms with E-state index in [0.717, 1.165) is 37.5 Å². The molecule has 1 atom stereocenters. The molecule has 5 nitrogen and oxygen atoms in total. The Balaban J connectivity index is 1.71. The monoisotopic (exact) mass is 290 g/mol. The minimum absolute atomic E-state index is 0.0888. The second kappa shape index (κ2) is 5.75. The fourth-order valence-electron chi connectivity index (χ4n) is 2.63. The van der Waals surface area contributed by atoms with Crippen molar-refractivity contribution in [2.45, 2.75) is 32.2 Å². The van der Waals surface area contributed by atoms with E-state index in [0.29, 0.717) is 11.5 Å². The van der Waals surface area contributed by atoms with Gasteiger partial charge in [0, 0.05) is 43.3 Å². The standard InChI is InChI=1S/C14H18N4OS/c1-2-18-10-12(8-16-18)14(19)17-6-3-4-11(9-17)13-15-5-7-20-13/h5,7-8,10-11H,2-4,6,9H2,1H3/t11-/m1/s1. The first kappa shape index (κ1) is 13.3. The summed E-state index contributed by atoms with van der Waals surface area (Å²) in [6.07, 6.45) is 7.49. The van der Waals surface area contributed by atoms with Gasteiger partial charge in [-0.3, -0.25) is 9.48 Å². The van der Waals surface area contributed by atoms with Crippen LogP contribution in [-0.2, 0) is 6.54 Å². The number of aromatic nitrogens is 3. The van der Waals surface area contributed by atoms with Crippen LogP contribution in [0.3, 0.4) is 0 Å². The Hall–Kier alpha value is -1.69. The zero-order chi connectivity index (χ0) is 13.9. The van der Waals surface area contributed by atoms with E-state index < -0.39 is 0 Å². The molecule has 0 spiro atoms. The van der Waals surface area contributed by atoms with Crippen LogP contribution in [0.25, 0.3) is 0 Å². The van der Waals surface area contributed by atoms with E-state index in [1.54, 1.807) is 22.2 Å². The van der Waals surface area contributed by atoms with Crippen LogP contribution in [0, 0.1) is 0 Å². The average molecular weight is 290 g/mol. The molecule has 1 saturated heterocycles. The molecule has 3 heterocycles. The van der Waals surface area contributed by atoms with Crippen LogP contribution >= 0.6 is 11.3 Å². The van der Waals surface area contributed by atoms with Crippen molar-refractivity contribution in [3.8, 4) is 0 Å².